The number of rotatable bonds is 4. The fourth-order valence-corrected chi connectivity index (χ4v) is 3.41. The smallest absolute Gasteiger partial charge is 0.322 e. The Labute approximate surface area is 195 Å². The number of aromatic amines is 1. The van der Waals surface area contributed by atoms with Crippen molar-refractivity contribution in [3.63, 3.8) is 0 Å². The molecule has 0 aliphatic carbocycles. The molecule has 2 aromatic heterocycles. The Bertz CT molecular complexity index is 1610. The molecule has 8 nitrogen and oxygen atoms in total. The van der Waals surface area contributed by atoms with E-state index in [2.05, 4.69) is 0 Å². The topological polar surface area (TPSA) is 106 Å². The first-order valence-corrected chi connectivity index (χ1v) is 9.82. The van der Waals surface area contributed by atoms with Gasteiger partial charge in [-0.2, -0.15) is 26.3 Å². The van der Waals surface area contributed by atoms with Crippen LogP contribution < -0.4 is 16.5 Å². The highest BCUT2D eigenvalue weighted by molar-refractivity contribution is 6.00. The van der Waals surface area contributed by atoms with E-state index in [0.29, 0.717) is 29.2 Å². The number of benzene rings is 2. The van der Waals surface area contributed by atoms with Gasteiger partial charge in [0.1, 0.15) is 0 Å². The van der Waals surface area contributed by atoms with Crippen LogP contribution in [-0.4, -0.2) is 26.4 Å². The zero-order valence-corrected chi connectivity index (χ0v) is 17.6. The van der Waals surface area contributed by atoms with E-state index < -0.39 is 51.7 Å². The van der Waals surface area contributed by atoms with Crippen LogP contribution in [0.5, 0.6) is 0 Å². The summed E-state index contributed by atoms with van der Waals surface area (Å²) >= 11 is 0. The summed E-state index contributed by atoms with van der Waals surface area (Å²) in [6.45, 7) is 0. The molecule has 0 aliphatic rings. The van der Waals surface area contributed by atoms with Crippen molar-refractivity contribution in [2.75, 3.05) is 5.43 Å². The lowest BCUT2D eigenvalue weighted by molar-refractivity contribution is -0.138. The third kappa shape index (κ3) is 4.52. The second kappa shape index (κ2) is 8.55. The van der Waals surface area contributed by atoms with Gasteiger partial charge in [-0.15, -0.1) is 0 Å². The van der Waals surface area contributed by atoms with Crippen molar-refractivity contribution in [2.24, 2.45) is 0 Å². The fourth-order valence-electron chi connectivity index (χ4n) is 3.41. The lowest BCUT2D eigenvalue weighted by Crippen LogP contribution is -2.42. The van der Waals surface area contributed by atoms with E-state index in [9.17, 15) is 45.5 Å². The highest BCUT2D eigenvalue weighted by Crippen LogP contribution is 2.36. The Morgan fingerprint density at radius 3 is 2.17 bits per heavy atom. The number of aromatic nitrogens is 3. The molecule has 0 aliphatic heterocycles. The van der Waals surface area contributed by atoms with Gasteiger partial charge < -0.3 is 9.55 Å². The van der Waals surface area contributed by atoms with Crippen LogP contribution in [0.1, 0.15) is 31.8 Å². The van der Waals surface area contributed by atoms with Crippen molar-refractivity contribution >= 4 is 23.2 Å². The predicted molar refractivity (Wildman–Crippen MR) is 114 cm³/mol. The average Bonchev–Trinajstić information content (AvgIpc) is 3.29. The van der Waals surface area contributed by atoms with Crippen molar-refractivity contribution in [1.29, 1.82) is 0 Å². The van der Waals surface area contributed by atoms with Crippen LogP contribution in [0.15, 0.2) is 64.4 Å². The zero-order chi connectivity index (χ0) is 26.4. The molecule has 2 N–H and O–H groups in total. The first-order chi connectivity index (χ1) is 16.8. The van der Waals surface area contributed by atoms with Gasteiger partial charge in [-0.05, 0) is 42.5 Å². The number of carbonyl (C=O) groups is 2. The SMILES string of the molecule is O=Cc1ccn(-c2cc3c(cc2C(F)(F)F)[nH]c(=O)c(=O)n3NC(=O)c2ccc(C(F)(F)F)cc2)c1. The average molecular weight is 510 g/mol. The van der Waals surface area contributed by atoms with Crippen LogP contribution >= 0.6 is 0 Å². The summed E-state index contributed by atoms with van der Waals surface area (Å²) in [5, 5.41) is 0. The predicted octanol–water partition coefficient (Wildman–Crippen LogP) is 3.71. The summed E-state index contributed by atoms with van der Waals surface area (Å²) in [6.07, 6.45) is -6.92. The molecule has 0 bridgehead atoms. The number of aldehydes is 1. The quantitative estimate of drug-likeness (QED) is 0.248. The summed E-state index contributed by atoms with van der Waals surface area (Å²) in [4.78, 5) is 50.2. The van der Waals surface area contributed by atoms with Crippen LogP contribution in [0, 0.1) is 0 Å². The van der Waals surface area contributed by atoms with Gasteiger partial charge in [-0.25, -0.2) is 4.68 Å². The van der Waals surface area contributed by atoms with Gasteiger partial charge >= 0.3 is 23.5 Å². The van der Waals surface area contributed by atoms with E-state index in [4.69, 9.17) is 0 Å². The first kappa shape index (κ1) is 24.5. The molecule has 0 radical (unpaired) electrons. The lowest BCUT2D eigenvalue weighted by atomic mass is 10.1. The van der Waals surface area contributed by atoms with E-state index in [1.165, 1.54) is 6.07 Å². The van der Waals surface area contributed by atoms with Gasteiger partial charge in [0.25, 0.3) is 5.91 Å². The van der Waals surface area contributed by atoms with Crippen molar-refractivity contribution < 1.29 is 35.9 Å². The Morgan fingerprint density at radius 2 is 1.61 bits per heavy atom. The van der Waals surface area contributed by atoms with Crippen LogP contribution in [-0.2, 0) is 12.4 Å². The minimum atomic E-state index is -4.92. The van der Waals surface area contributed by atoms with Crippen LogP contribution in [0.2, 0.25) is 0 Å². The van der Waals surface area contributed by atoms with Gasteiger partial charge in [-0.1, -0.05) is 0 Å². The zero-order valence-electron chi connectivity index (χ0n) is 17.6. The molecule has 36 heavy (non-hydrogen) atoms. The molecule has 0 saturated carbocycles. The molecular formula is C22H12F6N4O4. The minimum absolute atomic E-state index is 0.0534. The van der Waals surface area contributed by atoms with Gasteiger partial charge in [0.2, 0.25) is 0 Å². The number of amides is 1. The summed E-state index contributed by atoms with van der Waals surface area (Å²) in [5.74, 6) is -1.11. The number of H-pyrrole nitrogens is 1. The van der Waals surface area contributed by atoms with Gasteiger partial charge in [0.05, 0.1) is 27.8 Å². The van der Waals surface area contributed by atoms with E-state index in [1.54, 1.807) is 0 Å². The van der Waals surface area contributed by atoms with Crippen LogP contribution in [0.3, 0.4) is 0 Å². The monoisotopic (exact) mass is 510 g/mol. The van der Waals surface area contributed by atoms with Crippen molar-refractivity contribution in [3.8, 4) is 5.69 Å². The fraction of sp³-hybridized carbons (Fsp3) is 0.0909. The van der Waals surface area contributed by atoms with Gasteiger partial charge in [-0.3, -0.25) is 24.6 Å². The molecule has 4 aromatic rings. The maximum atomic E-state index is 13.8. The Balaban J connectivity index is 1.88. The first-order valence-electron chi connectivity index (χ1n) is 9.82. The highest BCUT2D eigenvalue weighted by atomic mass is 19.4. The molecule has 0 saturated heterocycles. The molecular weight excluding hydrogens is 498 g/mol. The third-order valence-electron chi connectivity index (χ3n) is 5.12. The molecule has 0 spiro atoms. The molecule has 186 valence electrons. The highest BCUT2D eigenvalue weighted by Gasteiger charge is 2.35. The number of alkyl halides is 6. The number of hydrogen-bond donors (Lipinski definition) is 2. The summed E-state index contributed by atoms with van der Waals surface area (Å²) in [5.41, 5.74) is -4.58. The molecule has 2 aromatic carbocycles. The van der Waals surface area contributed by atoms with E-state index in [1.807, 2.05) is 10.4 Å². The molecule has 0 unspecified atom stereocenters. The number of carbonyl (C=O) groups excluding carboxylic acids is 2. The molecule has 4 rings (SSSR count). The van der Waals surface area contributed by atoms with Gasteiger partial charge in [0.15, 0.2) is 6.29 Å². The lowest BCUT2D eigenvalue weighted by Gasteiger charge is -2.17. The van der Waals surface area contributed by atoms with Gasteiger partial charge in [0, 0.05) is 23.5 Å². The molecule has 1 amide bonds. The minimum Gasteiger partial charge on any atom is -0.322 e. The number of fused-ring (bicyclic) bond motifs is 1. The standard InChI is InChI=1S/C22H12F6N4O4/c23-21(24,25)13-3-1-12(2-4-13)18(34)30-32-17-8-16(31-6-5-11(9-31)10-33)14(22(26,27)28)7-15(17)29-19(35)20(32)36/h1-10H,(H,29,35)(H,30,34). The van der Waals surface area contributed by atoms with E-state index >= 15 is 0 Å². The maximum absolute atomic E-state index is 13.8. The van der Waals surface area contributed by atoms with Crippen molar-refractivity contribution in [2.45, 2.75) is 12.4 Å². The molecule has 0 atom stereocenters. The van der Waals surface area contributed by atoms with Crippen LogP contribution in [0.4, 0.5) is 26.3 Å². The number of hydrogen-bond acceptors (Lipinski definition) is 4. The Kier molecular flexibility index (Phi) is 5.82. The Hall–Kier alpha value is -4.62. The summed E-state index contributed by atoms with van der Waals surface area (Å²) < 4.78 is 81.0. The molecule has 14 heteroatoms. The summed E-state index contributed by atoms with van der Waals surface area (Å²) in [7, 11) is 0. The van der Waals surface area contributed by atoms with Crippen molar-refractivity contribution in [3.05, 3.63) is 97.8 Å². The molecule has 2 heterocycles. The number of halogens is 6. The van der Waals surface area contributed by atoms with Crippen LogP contribution in [0.25, 0.3) is 16.7 Å². The maximum Gasteiger partial charge on any atom is 0.418 e. The second-order valence-corrected chi connectivity index (χ2v) is 7.46. The van der Waals surface area contributed by atoms with Crippen molar-refractivity contribution in [1.82, 2.24) is 14.2 Å². The number of nitrogens with zero attached hydrogens (tertiary/aromatic N) is 2. The van der Waals surface area contributed by atoms with E-state index in [-0.39, 0.29) is 16.6 Å². The number of nitrogens with one attached hydrogen (secondary N) is 2. The van der Waals surface area contributed by atoms with E-state index in [0.717, 1.165) is 35.2 Å². The summed E-state index contributed by atoms with van der Waals surface area (Å²) in [6, 6.07) is 5.54. The largest absolute Gasteiger partial charge is 0.418 e. The Morgan fingerprint density at radius 1 is 0.944 bits per heavy atom. The molecule has 0 fully saturated rings. The third-order valence-corrected chi connectivity index (χ3v) is 5.12. The normalized spacial score (nSPS) is 12.1. The second-order valence-electron chi connectivity index (χ2n) is 7.46.